The molecule has 0 amide bonds. The third-order valence-electron chi connectivity index (χ3n) is 3.94. The molecule has 21 heavy (non-hydrogen) atoms. The average Bonchev–Trinajstić information content (AvgIpc) is 2.97. The maximum atomic E-state index is 11.6. The van der Waals surface area contributed by atoms with Crippen LogP contribution < -0.4 is 0 Å². The molecule has 0 spiro atoms. The normalized spacial score (nSPS) is 21.3. The number of sulfone groups is 1. The van der Waals surface area contributed by atoms with Crippen molar-refractivity contribution in [3.8, 4) is 0 Å². The smallest absolute Gasteiger partial charge is 0.203 e. The second-order valence-electron chi connectivity index (χ2n) is 5.31. The van der Waals surface area contributed by atoms with Crippen molar-refractivity contribution in [2.24, 2.45) is 0 Å². The van der Waals surface area contributed by atoms with Gasteiger partial charge in [-0.3, -0.25) is 9.30 Å². The maximum absolute atomic E-state index is 11.6. The van der Waals surface area contributed by atoms with Gasteiger partial charge in [-0.05, 0) is 37.3 Å². The summed E-state index contributed by atoms with van der Waals surface area (Å²) in [6.45, 7) is 3.33. The first-order valence-electron chi connectivity index (χ1n) is 6.99. The zero-order valence-electron chi connectivity index (χ0n) is 11.8. The molecule has 1 aliphatic rings. The Morgan fingerprint density at radius 3 is 2.90 bits per heavy atom. The highest BCUT2D eigenvalue weighted by molar-refractivity contribution is 7.91. The molecule has 0 aliphatic carbocycles. The maximum Gasteiger partial charge on any atom is 0.203 e. The van der Waals surface area contributed by atoms with Gasteiger partial charge in [0, 0.05) is 12.2 Å². The first-order chi connectivity index (χ1) is 10.00. The van der Waals surface area contributed by atoms with Crippen LogP contribution in [0.4, 0.5) is 0 Å². The molecule has 8 heteroatoms. The highest BCUT2D eigenvalue weighted by atomic mass is 32.2. The first kappa shape index (κ1) is 14.7. The number of hydrogen-bond acceptors (Lipinski definition) is 5. The number of pyridine rings is 1. The number of aromatic nitrogens is 3. The fraction of sp³-hybridized carbons (Fsp3) is 0.538. The van der Waals surface area contributed by atoms with Gasteiger partial charge < -0.3 is 0 Å². The highest BCUT2D eigenvalue weighted by Crippen LogP contribution is 2.18. The van der Waals surface area contributed by atoms with Gasteiger partial charge in [-0.1, -0.05) is 13.0 Å². The minimum atomic E-state index is -2.88. The van der Waals surface area contributed by atoms with Gasteiger partial charge in [0.15, 0.2) is 15.5 Å². The van der Waals surface area contributed by atoms with E-state index in [1.807, 2.05) is 35.7 Å². The molecule has 3 heterocycles. The molecular formula is C13H18N4O2S2. The fourth-order valence-corrected chi connectivity index (χ4v) is 4.78. The van der Waals surface area contributed by atoms with Gasteiger partial charge in [-0.15, -0.1) is 0 Å². The van der Waals surface area contributed by atoms with Crippen molar-refractivity contribution in [3.63, 3.8) is 0 Å². The van der Waals surface area contributed by atoms with Gasteiger partial charge in [0.25, 0.3) is 0 Å². The summed E-state index contributed by atoms with van der Waals surface area (Å²) in [4.78, 5) is 2.13. The van der Waals surface area contributed by atoms with E-state index in [-0.39, 0.29) is 17.5 Å². The Morgan fingerprint density at radius 1 is 1.48 bits per heavy atom. The van der Waals surface area contributed by atoms with Crippen molar-refractivity contribution in [3.05, 3.63) is 29.2 Å². The van der Waals surface area contributed by atoms with Crippen LogP contribution in [0.1, 0.15) is 13.3 Å². The molecule has 0 aromatic carbocycles. The molecule has 1 saturated heterocycles. The molecule has 0 bridgehead atoms. The van der Waals surface area contributed by atoms with Crippen LogP contribution in [0, 0.1) is 4.77 Å². The van der Waals surface area contributed by atoms with Crippen molar-refractivity contribution in [2.45, 2.75) is 26.1 Å². The second-order valence-corrected chi connectivity index (χ2v) is 7.91. The molecule has 2 aromatic heterocycles. The Labute approximate surface area is 128 Å². The molecule has 114 valence electrons. The molecule has 1 aliphatic heterocycles. The molecule has 0 radical (unpaired) electrons. The number of rotatable bonds is 4. The zero-order valence-corrected chi connectivity index (χ0v) is 13.5. The molecule has 3 rings (SSSR count). The van der Waals surface area contributed by atoms with Crippen LogP contribution in [-0.2, 0) is 16.5 Å². The van der Waals surface area contributed by atoms with E-state index in [2.05, 4.69) is 10.00 Å². The van der Waals surface area contributed by atoms with E-state index >= 15 is 0 Å². The minimum Gasteiger partial charge on any atom is -0.281 e. The second kappa shape index (κ2) is 5.51. The predicted octanol–water partition coefficient (Wildman–Crippen LogP) is 1.33. The van der Waals surface area contributed by atoms with E-state index in [0.29, 0.717) is 17.9 Å². The summed E-state index contributed by atoms with van der Waals surface area (Å²) in [6, 6.07) is 5.80. The van der Waals surface area contributed by atoms with Crippen LogP contribution in [0.15, 0.2) is 24.4 Å². The summed E-state index contributed by atoms with van der Waals surface area (Å²) in [7, 11) is -2.88. The summed E-state index contributed by atoms with van der Waals surface area (Å²) in [5.74, 6) is 0.520. The molecule has 0 saturated carbocycles. The van der Waals surface area contributed by atoms with Crippen molar-refractivity contribution in [1.82, 2.24) is 19.1 Å². The summed E-state index contributed by atoms with van der Waals surface area (Å²) < 4.78 is 27.5. The summed E-state index contributed by atoms with van der Waals surface area (Å²) in [5, 5.41) is 4.49. The average molecular weight is 326 g/mol. The van der Waals surface area contributed by atoms with Gasteiger partial charge in [0.2, 0.25) is 4.77 Å². The quantitative estimate of drug-likeness (QED) is 0.794. The van der Waals surface area contributed by atoms with Crippen molar-refractivity contribution in [1.29, 1.82) is 0 Å². The summed E-state index contributed by atoms with van der Waals surface area (Å²) >= 11 is 5.43. The number of fused-ring (bicyclic) bond motifs is 1. The Balaban J connectivity index is 1.86. The van der Waals surface area contributed by atoms with Gasteiger partial charge >= 0.3 is 0 Å². The van der Waals surface area contributed by atoms with Crippen LogP contribution in [0.2, 0.25) is 0 Å². The Hall–Kier alpha value is -1.25. The molecule has 0 unspecified atom stereocenters. The van der Waals surface area contributed by atoms with Crippen molar-refractivity contribution >= 4 is 27.7 Å². The lowest BCUT2D eigenvalue weighted by Crippen LogP contribution is -2.37. The van der Waals surface area contributed by atoms with E-state index < -0.39 is 9.84 Å². The molecule has 1 atom stereocenters. The van der Waals surface area contributed by atoms with Gasteiger partial charge in [0.1, 0.15) is 0 Å². The summed E-state index contributed by atoms with van der Waals surface area (Å²) in [5.41, 5.74) is 0.803. The van der Waals surface area contributed by atoms with Gasteiger partial charge in [0.05, 0.1) is 18.2 Å². The molecule has 2 aromatic rings. The van der Waals surface area contributed by atoms with Crippen molar-refractivity contribution < 1.29 is 8.42 Å². The summed E-state index contributed by atoms with van der Waals surface area (Å²) in [6.07, 6.45) is 2.58. The highest BCUT2D eigenvalue weighted by Gasteiger charge is 2.31. The largest absolute Gasteiger partial charge is 0.281 e. The first-order valence-corrected chi connectivity index (χ1v) is 9.22. The molecule has 6 nitrogen and oxygen atoms in total. The Bertz CT molecular complexity index is 809. The predicted molar refractivity (Wildman–Crippen MR) is 83.5 cm³/mol. The SMILES string of the molecule is CCN(Cn1nc2ccccn2c1=S)[C@H]1CCS(=O)(=O)C1. The van der Waals surface area contributed by atoms with E-state index in [1.54, 1.807) is 4.68 Å². The number of nitrogens with zero attached hydrogens (tertiary/aromatic N) is 4. The van der Waals surface area contributed by atoms with Gasteiger partial charge in [-0.25, -0.2) is 13.1 Å². The topological polar surface area (TPSA) is 59.6 Å². The van der Waals surface area contributed by atoms with E-state index in [4.69, 9.17) is 12.2 Å². The van der Waals surface area contributed by atoms with Crippen molar-refractivity contribution in [2.75, 3.05) is 18.1 Å². The van der Waals surface area contributed by atoms with E-state index in [1.165, 1.54) is 0 Å². The number of hydrogen-bond donors (Lipinski definition) is 0. The molecular weight excluding hydrogens is 308 g/mol. The van der Waals surface area contributed by atoms with Crippen LogP contribution in [0.5, 0.6) is 0 Å². The van der Waals surface area contributed by atoms with E-state index in [9.17, 15) is 8.42 Å². The standard InChI is InChI=1S/C13H18N4O2S2/c1-2-15(11-6-8-21(18,19)9-11)10-17-13(20)16-7-4-3-5-12(16)14-17/h3-5,7,11H,2,6,8-10H2,1H3/t11-/m0/s1. The van der Waals surface area contributed by atoms with Crippen LogP contribution >= 0.6 is 12.2 Å². The lowest BCUT2D eigenvalue weighted by atomic mass is 10.2. The third-order valence-corrected chi connectivity index (χ3v) is 6.09. The monoisotopic (exact) mass is 326 g/mol. The Morgan fingerprint density at radius 2 is 2.29 bits per heavy atom. The van der Waals surface area contributed by atoms with Crippen LogP contribution in [0.3, 0.4) is 0 Å². The zero-order chi connectivity index (χ0) is 15.0. The van der Waals surface area contributed by atoms with Gasteiger partial charge in [-0.2, -0.15) is 5.10 Å². The van der Waals surface area contributed by atoms with Crippen LogP contribution in [0.25, 0.3) is 5.65 Å². The van der Waals surface area contributed by atoms with E-state index in [0.717, 1.165) is 12.2 Å². The van der Waals surface area contributed by atoms with Crippen LogP contribution in [-0.4, -0.2) is 51.6 Å². The lowest BCUT2D eigenvalue weighted by Gasteiger charge is -2.25. The fourth-order valence-electron chi connectivity index (χ4n) is 2.77. The molecule has 0 N–H and O–H groups in total. The minimum absolute atomic E-state index is 0.0618. The Kier molecular flexibility index (Phi) is 3.85. The third kappa shape index (κ3) is 2.88. The lowest BCUT2D eigenvalue weighted by molar-refractivity contribution is 0.164. The molecule has 1 fully saturated rings.